The third-order valence-electron chi connectivity index (χ3n) is 5.58. The highest BCUT2D eigenvalue weighted by atomic mass is 19.1. The number of nitrogens with one attached hydrogen (secondary N) is 1. The standard InChI is InChI=1S/C24H25F2NO3/c1-23(2,3)24(30,18-11-19(25)13-20(26)12-18)21(14-27-22(28)29)17-9-8-15-6-4-5-7-16(15)10-17/h4-13,21,27,30H,14H2,1-3H3,(H,28,29). The molecular weight excluding hydrogens is 388 g/mol. The Labute approximate surface area is 174 Å². The Morgan fingerprint density at radius 3 is 2.13 bits per heavy atom. The monoisotopic (exact) mass is 413 g/mol. The summed E-state index contributed by atoms with van der Waals surface area (Å²) < 4.78 is 28.1. The first-order chi connectivity index (χ1) is 14.0. The average Bonchev–Trinajstić information content (AvgIpc) is 2.66. The van der Waals surface area contributed by atoms with Gasteiger partial charge in [-0.3, -0.25) is 0 Å². The molecule has 6 heteroatoms. The highest BCUT2D eigenvalue weighted by molar-refractivity contribution is 5.83. The summed E-state index contributed by atoms with van der Waals surface area (Å²) in [7, 11) is 0. The molecule has 0 aliphatic carbocycles. The van der Waals surface area contributed by atoms with Gasteiger partial charge in [0.25, 0.3) is 0 Å². The molecule has 0 fully saturated rings. The van der Waals surface area contributed by atoms with Crippen molar-refractivity contribution in [2.45, 2.75) is 32.3 Å². The minimum absolute atomic E-state index is 0.0536. The third kappa shape index (κ3) is 4.14. The average molecular weight is 413 g/mol. The van der Waals surface area contributed by atoms with Gasteiger partial charge < -0.3 is 15.5 Å². The van der Waals surface area contributed by atoms with Gasteiger partial charge in [-0.15, -0.1) is 0 Å². The van der Waals surface area contributed by atoms with Crippen molar-refractivity contribution in [1.29, 1.82) is 0 Å². The van der Waals surface area contributed by atoms with Crippen molar-refractivity contribution >= 4 is 16.9 Å². The van der Waals surface area contributed by atoms with Crippen LogP contribution in [0.3, 0.4) is 0 Å². The Hall–Kier alpha value is -2.99. The molecule has 3 aromatic carbocycles. The zero-order chi connectivity index (χ0) is 22.1. The van der Waals surface area contributed by atoms with Crippen LogP contribution in [-0.4, -0.2) is 22.9 Å². The molecule has 0 aromatic heterocycles. The molecule has 3 aromatic rings. The molecule has 3 rings (SSSR count). The van der Waals surface area contributed by atoms with E-state index in [4.69, 9.17) is 0 Å². The second-order valence-corrected chi connectivity index (χ2v) is 8.52. The van der Waals surface area contributed by atoms with E-state index in [1.54, 1.807) is 20.8 Å². The fraction of sp³-hybridized carbons (Fsp3) is 0.292. The van der Waals surface area contributed by atoms with Gasteiger partial charge in [0.1, 0.15) is 17.2 Å². The number of carboxylic acid groups (broad SMARTS) is 1. The fourth-order valence-electron chi connectivity index (χ4n) is 4.05. The van der Waals surface area contributed by atoms with E-state index in [1.807, 2.05) is 42.5 Å². The largest absolute Gasteiger partial charge is 0.465 e. The highest BCUT2D eigenvalue weighted by Crippen LogP contribution is 2.49. The molecule has 2 unspecified atom stereocenters. The number of carbonyl (C=O) groups is 1. The number of benzene rings is 3. The molecule has 0 aliphatic rings. The lowest BCUT2D eigenvalue weighted by molar-refractivity contribution is -0.0872. The number of hydrogen-bond donors (Lipinski definition) is 3. The predicted octanol–water partition coefficient (Wildman–Crippen LogP) is 5.40. The van der Waals surface area contributed by atoms with Crippen molar-refractivity contribution in [3.8, 4) is 0 Å². The minimum atomic E-state index is -1.78. The molecule has 0 radical (unpaired) electrons. The molecule has 158 valence electrons. The van der Waals surface area contributed by atoms with Gasteiger partial charge in [-0.05, 0) is 39.4 Å². The summed E-state index contributed by atoms with van der Waals surface area (Å²) in [5, 5.41) is 25.4. The summed E-state index contributed by atoms with van der Waals surface area (Å²) in [4.78, 5) is 11.3. The Morgan fingerprint density at radius 1 is 0.967 bits per heavy atom. The predicted molar refractivity (Wildman–Crippen MR) is 112 cm³/mol. The molecule has 0 aliphatic heterocycles. The SMILES string of the molecule is CC(C)(C)C(O)(c1cc(F)cc(F)c1)C(CNC(=O)O)c1ccc2ccccc2c1. The van der Waals surface area contributed by atoms with Gasteiger partial charge in [0, 0.05) is 18.5 Å². The van der Waals surface area contributed by atoms with E-state index in [2.05, 4.69) is 5.32 Å². The number of aliphatic hydroxyl groups is 1. The summed E-state index contributed by atoms with van der Waals surface area (Å²) in [5.74, 6) is -2.42. The van der Waals surface area contributed by atoms with Gasteiger partial charge in [-0.1, -0.05) is 63.2 Å². The lowest BCUT2D eigenvalue weighted by atomic mass is 9.63. The minimum Gasteiger partial charge on any atom is -0.465 e. The van der Waals surface area contributed by atoms with E-state index < -0.39 is 34.7 Å². The highest BCUT2D eigenvalue weighted by Gasteiger charge is 2.49. The van der Waals surface area contributed by atoms with Gasteiger partial charge in [0.15, 0.2) is 0 Å². The lowest BCUT2D eigenvalue weighted by Crippen LogP contribution is -2.49. The number of hydrogen-bond acceptors (Lipinski definition) is 2. The Balaban J connectivity index is 2.24. The quantitative estimate of drug-likeness (QED) is 0.524. The molecular formula is C24H25F2NO3. The summed E-state index contributed by atoms with van der Waals surface area (Å²) in [5.41, 5.74) is -1.95. The van der Waals surface area contributed by atoms with Crippen LogP contribution in [0.1, 0.15) is 37.8 Å². The van der Waals surface area contributed by atoms with Crippen LogP contribution in [0.2, 0.25) is 0 Å². The van der Waals surface area contributed by atoms with Gasteiger partial charge in [-0.25, -0.2) is 13.6 Å². The van der Waals surface area contributed by atoms with Crippen molar-refractivity contribution in [1.82, 2.24) is 5.32 Å². The molecule has 0 bridgehead atoms. The first-order valence-corrected chi connectivity index (χ1v) is 9.67. The van der Waals surface area contributed by atoms with E-state index >= 15 is 0 Å². The van der Waals surface area contributed by atoms with Crippen LogP contribution in [-0.2, 0) is 5.60 Å². The summed E-state index contributed by atoms with van der Waals surface area (Å²) in [6.07, 6.45) is -1.25. The second-order valence-electron chi connectivity index (χ2n) is 8.52. The molecule has 4 nitrogen and oxygen atoms in total. The topological polar surface area (TPSA) is 69.6 Å². The second kappa shape index (κ2) is 8.03. The Bertz CT molecular complexity index is 1060. The summed E-state index contributed by atoms with van der Waals surface area (Å²) in [6, 6.07) is 16.2. The van der Waals surface area contributed by atoms with Crippen LogP contribution in [0.5, 0.6) is 0 Å². The maximum Gasteiger partial charge on any atom is 0.404 e. The fourth-order valence-corrected chi connectivity index (χ4v) is 4.05. The first kappa shape index (κ1) is 21.7. The molecule has 2 atom stereocenters. The first-order valence-electron chi connectivity index (χ1n) is 9.67. The maximum absolute atomic E-state index is 14.1. The van der Waals surface area contributed by atoms with Gasteiger partial charge >= 0.3 is 6.09 Å². The summed E-state index contributed by atoms with van der Waals surface area (Å²) >= 11 is 0. The maximum atomic E-state index is 14.1. The van der Waals surface area contributed by atoms with E-state index in [1.165, 1.54) is 0 Å². The van der Waals surface area contributed by atoms with Gasteiger partial charge in [0.2, 0.25) is 0 Å². The number of fused-ring (bicyclic) bond motifs is 1. The van der Waals surface area contributed by atoms with Gasteiger partial charge in [-0.2, -0.15) is 0 Å². The van der Waals surface area contributed by atoms with Crippen molar-refractivity contribution in [3.05, 3.63) is 83.4 Å². The van der Waals surface area contributed by atoms with E-state index in [0.717, 1.165) is 29.0 Å². The smallest absolute Gasteiger partial charge is 0.404 e. The van der Waals surface area contributed by atoms with Crippen molar-refractivity contribution in [3.63, 3.8) is 0 Å². The molecule has 0 saturated heterocycles. The van der Waals surface area contributed by atoms with Crippen molar-refractivity contribution in [2.75, 3.05) is 6.54 Å². The molecule has 1 amide bonds. The van der Waals surface area contributed by atoms with Gasteiger partial charge in [0.05, 0.1) is 0 Å². The lowest BCUT2D eigenvalue weighted by Gasteiger charge is -2.46. The van der Waals surface area contributed by atoms with Crippen LogP contribution in [0.15, 0.2) is 60.7 Å². The Morgan fingerprint density at radius 2 is 1.57 bits per heavy atom. The molecule has 0 heterocycles. The van der Waals surface area contributed by atoms with Crippen molar-refractivity contribution in [2.24, 2.45) is 5.41 Å². The summed E-state index contributed by atoms with van der Waals surface area (Å²) in [6.45, 7) is 5.12. The number of halogens is 2. The zero-order valence-electron chi connectivity index (χ0n) is 17.1. The third-order valence-corrected chi connectivity index (χ3v) is 5.58. The van der Waals surface area contributed by atoms with Crippen LogP contribution in [0.4, 0.5) is 13.6 Å². The van der Waals surface area contributed by atoms with E-state index in [9.17, 15) is 23.8 Å². The molecule has 30 heavy (non-hydrogen) atoms. The zero-order valence-corrected chi connectivity index (χ0v) is 17.1. The van der Waals surface area contributed by atoms with Crippen LogP contribution in [0, 0.1) is 17.0 Å². The number of rotatable bonds is 5. The van der Waals surface area contributed by atoms with E-state index in [0.29, 0.717) is 5.56 Å². The Kier molecular flexibility index (Phi) is 5.81. The normalized spacial score (nSPS) is 14.9. The van der Waals surface area contributed by atoms with Crippen LogP contribution in [0.25, 0.3) is 10.8 Å². The molecule has 3 N–H and O–H groups in total. The van der Waals surface area contributed by atoms with Crippen LogP contribution >= 0.6 is 0 Å². The van der Waals surface area contributed by atoms with E-state index in [-0.39, 0.29) is 12.1 Å². The molecule has 0 saturated carbocycles. The molecule has 0 spiro atoms. The van der Waals surface area contributed by atoms with Crippen LogP contribution < -0.4 is 5.32 Å². The number of amides is 1. The van der Waals surface area contributed by atoms with Crippen molar-refractivity contribution < 1.29 is 23.8 Å².